The van der Waals surface area contributed by atoms with Gasteiger partial charge >= 0.3 is 0 Å². The van der Waals surface area contributed by atoms with Crippen molar-refractivity contribution in [2.75, 3.05) is 20.7 Å². The van der Waals surface area contributed by atoms with Gasteiger partial charge in [-0.25, -0.2) is 0 Å². The summed E-state index contributed by atoms with van der Waals surface area (Å²) in [5.41, 5.74) is 0.295. The van der Waals surface area contributed by atoms with E-state index in [2.05, 4.69) is 0 Å². The molecule has 1 aromatic carbocycles. The second-order valence-electron chi connectivity index (χ2n) is 8.57. The molecule has 3 aliphatic rings. The van der Waals surface area contributed by atoms with Crippen LogP contribution in [0, 0.1) is 0 Å². The lowest BCUT2D eigenvalue weighted by Gasteiger charge is -2.34. The van der Waals surface area contributed by atoms with Crippen LogP contribution in [0.4, 0.5) is 0 Å². The average molecular weight is 423 g/mol. The zero-order valence-corrected chi connectivity index (χ0v) is 17.7. The van der Waals surface area contributed by atoms with Gasteiger partial charge in [-0.05, 0) is 49.8 Å². The number of amides is 2. The Hall–Kier alpha value is -3.29. The van der Waals surface area contributed by atoms with E-state index in [1.165, 1.54) is 4.57 Å². The molecule has 0 radical (unpaired) electrons. The Morgan fingerprint density at radius 3 is 2.39 bits per heavy atom. The van der Waals surface area contributed by atoms with E-state index >= 15 is 0 Å². The van der Waals surface area contributed by atoms with Crippen LogP contribution in [0.3, 0.4) is 0 Å². The molecule has 1 aliphatic carbocycles. The molecule has 1 aromatic heterocycles. The van der Waals surface area contributed by atoms with E-state index in [4.69, 9.17) is 4.74 Å². The van der Waals surface area contributed by atoms with Crippen LogP contribution in [-0.4, -0.2) is 52.0 Å². The van der Waals surface area contributed by atoms with Gasteiger partial charge in [-0.2, -0.15) is 0 Å². The molecule has 1 saturated carbocycles. The summed E-state index contributed by atoms with van der Waals surface area (Å²) in [6, 6.07) is 7.40. The van der Waals surface area contributed by atoms with Crippen LogP contribution in [-0.2, 0) is 18.6 Å². The Kier molecular flexibility index (Phi) is 4.35. The molecule has 3 heterocycles. The number of hydrogen-bond donors (Lipinski definition) is 1. The highest BCUT2D eigenvalue weighted by Gasteiger charge is 2.52. The molecule has 1 fully saturated rings. The fraction of sp³-hybridized carbons (Fsp3) is 0.435. The lowest BCUT2D eigenvalue weighted by molar-refractivity contribution is 0.0502. The van der Waals surface area contributed by atoms with Crippen molar-refractivity contribution in [1.82, 2.24) is 14.4 Å². The van der Waals surface area contributed by atoms with Crippen LogP contribution >= 0.6 is 0 Å². The highest BCUT2D eigenvalue weighted by molar-refractivity contribution is 6.04. The van der Waals surface area contributed by atoms with Gasteiger partial charge < -0.3 is 19.6 Å². The third kappa shape index (κ3) is 2.63. The maximum absolute atomic E-state index is 13.3. The number of methoxy groups -OCH3 is 1. The fourth-order valence-corrected chi connectivity index (χ4v) is 5.41. The zero-order chi connectivity index (χ0) is 21.9. The van der Waals surface area contributed by atoms with Gasteiger partial charge in [-0.1, -0.05) is 12.1 Å². The summed E-state index contributed by atoms with van der Waals surface area (Å²) in [5, 5.41) is 10.8. The van der Waals surface area contributed by atoms with Crippen molar-refractivity contribution < 1.29 is 19.4 Å². The van der Waals surface area contributed by atoms with Crippen LogP contribution in [0.15, 0.2) is 29.1 Å². The normalized spacial score (nSPS) is 19.2. The topological polar surface area (TPSA) is 92.1 Å². The predicted octanol–water partition coefficient (Wildman–Crippen LogP) is 2.07. The molecule has 2 amide bonds. The highest BCUT2D eigenvalue weighted by atomic mass is 16.5. The van der Waals surface area contributed by atoms with Crippen LogP contribution in [0.25, 0.3) is 0 Å². The Bertz CT molecular complexity index is 1150. The second-order valence-corrected chi connectivity index (χ2v) is 8.57. The van der Waals surface area contributed by atoms with E-state index in [1.54, 1.807) is 24.0 Å². The summed E-state index contributed by atoms with van der Waals surface area (Å²) in [7, 11) is 3.30. The van der Waals surface area contributed by atoms with E-state index in [-0.39, 0.29) is 17.2 Å². The van der Waals surface area contributed by atoms with Gasteiger partial charge in [0.05, 0.1) is 12.7 Å². The molecule has 2 aromatic rings. The van der Waals surface area contributed by atoms with E-state index in [0.717, 1.165) is 24.2 Å². The summed E-state index contributed by atoms with van der Waals surface area (Å²) < 4.78 is 6.65. The molecule has 8 nitrogen and oxygen atoms in total. The maximum atomic E-state index is 13.3. The van der Waals surface area contributed by atoms with E-state index in [0.29, 0.717) is 37.9 Å². The predicted molar refractivity (Wildman–Crippen MR) is 112 cm³/mol. The molecular formula is C23H25N3O5. The largest absolute Gasteiger partial charge is 0.502 e. The zero-order valence-electron chi connectivity index (χ0n) is 17.7. The first-order valence-corrected chi connectivity index (χ1v) is 10.6. The van der Waals surface area contributed by atoms with Crippen molar-refractivity contribution in [3.63, 3.8) is 0 Å². The van der Waals surface area contributed by atoms with Crippen molar-refractivity contribution >= 4 is 11.8 Å². The van der Waals surface area contributed by atoms with Gasteiger partial charge in [-0.15, -0.1) is 0 Å². The van der Waals surface area contributed by atoms with Gasteiger partial charge in [0.1, 0.15) is 17.1 Å². The summed E-state index contributed by atoms with van der Waals surface area (Å²) >= 11 is 0. The lowest BCUT2D eigenvalue weighted by Crippen LogP contribution is -2.46. The van der Waals surface area contributed by atoms with Gasteiger partial charge in [0, 0.05) is 25.7 Å². The number of nitrogens with zero attached hydrogens (tertiary/aromatic N) is 3. The summed E-state index contributed by atoms with van der Waals surface area (Å²) in [4.78, 5) is 42.9. The van der Waals surface area contributed by atoms with Crippen molar-refractivity contribution in [3.8, 4) is 11.5 Å². The molecule has 0 saturated heterocycles. The Morgan fingerprint density at radius 1 is 1.06 bits per heavy atom. The summed E-state index contributed by atoms with van der Waals surface area (Å²) in [6.07, 6.45) is 3.59. The molecule has 31 heavy (non-hydrogen) atoms. The molecule has 0 atom stereocenters. The number of fused-ring (bicyclic) bond motifs is 4. The first-order valence-electron chi connectivity index (χ1n) is 10.6. The third-order valence-electron chi connectivity index (χ3n) is 7.07. The third-order valence-corrected chi connectivity index (χ3v) is 7.07. The number of rotatable bonds is 3. The van der Waals surface area contributed by atoms with Gasteiger partial charge in [0.25, 0.3) is 17.4 Å². The Labute approximate surface area is 179 Å². The fourth-order valence-electron chi connectivity index (χ4n) is 5.41. The number of aromatic nitrogens is 1. The van der Waals surface area contributed by atoms with Crippen LogP contribution in [0.1, 0.15) is 57.7 Å². The van der Waals surface area contributed by atoms with Gasteiger partial charge in [0.15, 0.2) is 5.75 Å². The number of carbonyl (C=O) groups excluding carboxylic acids is 2. The second kappa shape index (κ2) is 6.87. The number of ether oxygens (including phenoxy) is 1. The maximum Gasteiger partial charge on any atom is 0.296 e. The van der Waals surface area contributed by atoms with Crippen LogP contribution < -0.4 is 10.3 Å². The molecule has 162 valence electrons. The number of carbonyl (C=O) groups is 2. The number of pyridine rings is 1. The average Bonchev–Trinajstić information content (AvgIpc) is 3.34. The van der Waals surface area contributed by atoms with Crippen LogP contribution in [0.5, 0.6) is 11.5 Å². The lowest BCUT2D eigenvalue weighted by atomic mass is 9.95. The first-order chi connectivity index (χ1) is 14.9. The smallest absolute Gasteiger partial charge is 0.296 e. The van der Waals surface area contributed by atoms with Crippen LogP contribution in [0.2, 0.25) is 0 Å². The molecule has 2 aliphatic heterocycles. The van der Waals surface area contributed by atoms with Gasteiger partial charge in [-0.3, -0.25) is 19.0 Å². The highest BCUT2D eigenvalue weighted by Crippen LogP contribution is 2.45. The molecule has 0 bridgehead atoms. The minimum absolute atomic E-state index is 0.0205. The van der Waals surface area contributed by atoms with Gasteiger partial charge in [0.2, 0.25) is 0 Å². The van der Waals surface area contributed by atoms with E-state index in [9.17, 15) is 19.5 Å². The number of aromatic hydroxyl groups is 1. The van der Waals surface area contributed by atoms with Crippen molar-refractivity contribution in [2.45, 2.75) is 44.3 Å². The van der Waals surface area contributed by atoms with Crippen molar-refractivity contribution in [1.29, 1.82) is 0 Å². The Morgan fingerprint density at radius 2 is 1.74 bits per heavy atom. The monoisotopic (exact) mass is 423 g/mol. The summed E-state index contributed by atoms with van der Waals surface area (Å²) in [6.45, 7) is 0.754. The summed E-state index contributed by atoms with van der Waals surface area (Å²) in [5.74, 6) is -0.481. The van der Waals surface area contributed by atoms with Crippen molar-refractivity contribution in [2.24, 2.45) is 0 Å². The SMILES string of the molecule is COc1ccc(CN2CCc3c(c(O)c(=O)n4c3C(=O)N(C)C43CCCC3)C2=O)cc1. The Balaban J connectivity index is 1.57. The number of hydrogen-bond acceptors (Lipinski definition) is 5. The molecule has 5 rings (SSSR count). The first kappa shape index (κ1) is 19.7. The molecular weight excluding hydrogens is 398 g/mol. The quantitative estimate of drug-likeness (QED) is 0.816. The molecule has 8 heteroatoms. The molecule has 0 unspecified atom stereocenters. The standard InChI is InChI=1S/C23H25N3O5/c1-24-21(29)18-16-9-12-25(13-14-5-7-15(31-2)8-6-14)20(28)17(16)19(27)22(30)26(18)23(24)10-3-4-11-23/h5-8,27H,3-4,9-13H2,1-2H3. The minimum atomic E-state index is -0.723. The molecule has 1 spiro atoms. The number of benzene rings is 1. The van der Waals surface area contributed by atoms with Crippen molar-refractivity contribution in [3.05, 3.63) is 57.0 Å². The van der Waals surface area contributed by atoms with E-state index in [1.807, 2.05) is 24.3 Å². The minimum Gasteiger partial charge on any atom is -0.502 e. The molecule has 1 N–H and O–H groups in total. The van der Waals surface area contributed by atoms with E-state index < -0.39 is 22.9 Å².